The van der Waals surface area contributed by atoms with Gasteiger partial charge in [0.15, 0.2) is 0 Å². The summed E-state index contributed by atoms with van der Waals surface area (Å²) in [5.41, 5.74) is 3.03. The summed E-state index contributed by atoms with van der Waals surface area (Å²) in [6.07, 6.45) is 4.76. The number of aryl methyl sites for hydroxylation is 1. The second-order valence-corrected chi connectivity index (χ2v) is 8.46. The Morgan fingerprint density at radius 2 is 1.83 bits per heavy atom. The van der Waals surface area contributed by atoms with Crippen LogP contribution in [0.15, 0.2) is 60.8 Å². The molecule has 30 heavy (non-hydrogen) atoms. The van der Waals surface area contributed by atoms with Gasteiger partial charge in [0.05, 0.1) is 18.6 Å². The van der Waals surface area contributed by atoms with Gasteiger partial charge in [0, 0.05) is 30.5 Å². The minimum atomic E-state index is -0.340. The largest absolute Gasteiger partial charge is 0.497 e. The van der Waals surface area contributed by atoms with Crippen molar-refractivity contribution in [1.29, 1.82) is 0 Å². The lowest BCUT2D eigenvalue weighted by molar-refractivity contribution is -0.133. The van der Waals surface area contributed by atoms with Gasteiger partial charge in [-0.25, -0.2) is 4.98 Å². The van der Waals surface area contributed by atoms with Crippen LogP contribution >= 0.6 is 0 Å². The molecule has 154 valence electrons. The van der Waals surface area contributed by atoms with Crippen molar-refractivity contribution < 1.29 is 9.53 Å². The molecular formula is C25H27N3O2. The van der Waals surface area contributed by atoms with Gasteiger partial charge < -0.3 is 14.2 Å². The van der Waals surface area contributed by atoms with Crippen molar-refractivity contribution in [3.8, 4) is 17.1 Å². The zero-order valence-corrected chi connectivity index (χ0v) is 17.5. The van der Waals surface area contributed by atoms with E-state index >= 15 is 0 Å². The Morgan fingerprint density at radius 3 is 2.50 bits per heavy atom. The van der Waals surface area contributed by atoms with Gasteiger partial charge in [-0.15, -0.1) is 0 Å². The minimum Gasteiger partial charge on any atom is -0.497 e. The van der Waals surface area contributed by atoms with E-state index in [4.69, 9.17) is 4.74 Å². The molecule has 1 unspecified atom stereocenters. The Bertz CT molecular complexity index is 1050. The van der Waals surface area contributed by atoms with Gasteiger partial charge in [-0.1, -0.05) is 42.5 Å². The predicted molar refractivity (Wildman–Crippen MR) is 117 cm³/mol. The molecule has 2 fully saturated rings. The molecule has 5 heteroatoms. The molecule has 1 aliphatic heterocycles. The van der Waals surface area contributed by atoms with Crippen LogP contribution in [-0.4, -0.2) is 40.6 Å². The molecular weight excluding hydrogens is 374 g/mol. The van der Waals surface area contributed by atoms with E-state index in [1.165, 1.54) is 0 Å². The van der Waals surface area contributed by atoms with Crippen LogP contribution in [0.4, 0.5) is 0 Å². The fraction of sp³-hybridized carbons (Fsp3) is 0.360. The summed E-state index contributed by atoms with van der Waals surface area (Å²) in [6, 6.07) is 18.6. The van der Waals surface area contributed by atoms with Crippen LogP contribution in [0.5, 0.6) is 5.75 Å². The quantitative estimate of drug-likeness (QED) is 0.638. The average molecular weight is 402 g/mol. The first kappa shape index (κ1) is 18.9. The molecule has 1 aromatic heterocycles. The van der Waals surface area contributed by atoms with Crippen LogP contribution in [0.25, 0.3) is 11.4 Å². The number of aromatic nitrogens is 2. The first-order valence-electron chi connectivity index (χ1n) is 10.7. The molecule has 2 aliphatic rings. The van der Waals surface area contributed by atoms with E-state index < -0.39 is 0 Å². The molecule has 5 nitrogen and oxygen atoms in total. The van der Waals surface area contributed by atoms with E-state index in [-0.39, 0.29) is 17.4 Å². The van der Waals surface area contributed by atoms with Crippen LogP contribution in [0.1, 0.15) is 36.6 Å². The molecule has 5 rings (SSSR count). The average Bonchev–Trinajstić information content (AvgIpc) is 3.30. The molecule has 1 amide bonds. The van der Waals surface area contributed by atoms with Crippen LogP contribution in [-0.2, 0) is 10.2 Å². The van der Waals surface area contributed by atoms with E-state index in [1.807, 2.05) is 48.7 Å². The maximum Gasteiger partial charge on any atom is 0.233 e. The van der Waals surface area contributed by atoms with Crippen LogP contribution in [0.2, 0.25) is 0 Å². The molecule has 1 saturated heterocycles. The van der Waals surface area contributed by atoms with E-state index in [1.54, 1.807) is 7.11 Å². The summed E-state index contributed by atoms with van der Waals surface area (Å²) in [7, 11) is 1.67. The predicted octanol–water partition coefficient (Wildman–Crippen LogP) is 4.37. The number of ether oxygens (including phenoxy) is 1. The third-order valence-electron chi connectivity index (χ3n) is 6.63. The van der Waals surface area contributed by atoms with E-state index in [0.717, 1.165) is 60.7 Å². The molecule has 3 aromatic rings. The minimum absolute atomic E-state index is 0.262. The SMILES string of the molecule is COc1ccc(C2(C(=O)N3CCC(n4c(C)cnc4-c4ccccc4)C3)CC2)cc1. The summed E-state index contributed by atoms with van der Waals surface area (Å²) >= 11 is 0. The van der Waals surface area contributed by atoms with Gasteiger partial charge in [-0.2, -0.15) is 0 Å². The van der Waals surface area contributed by atoms with Gasteiger partial charge in [0.25, 0.3) is 0 Å². The molecule has 1 saturated carbocycles. The number of benzene rings is 2. The van der Waals surface area contributed by atoms with E-state index in [0.29, 0.717) is 0 Å². The van der Waals surface area contributed by atoms with Gasteiger partial charge in [0.1, 0.15) is 11.6 Å². The summed E-state index contributed by atoms with van der Waals surface area (Å²) < 4.78 is 7.59. The Kier molecular flexibility index (Phi) is 4.61. The summed E-state index contributed by atoms with van der Waals surface area (Å²) in [5, 5.41) is 0. The zero-order chi connectivity index (χ0) is 20.7. The Hall–Kier alpha value is -3.08. The molecule has 0 N–H and O–H groups in total. The number of methoxy groups -OCH3 is 1. The molecule has 0 bridgehead atoms. The van der Waals surface area contributed by atoms with Crippen molar-refractivity contribution in [3.05, 3.63) is 72.1 Å². The number of nitrogens with zero attached hydrogens (tertiary/aromatic N) is 3. The summed E-state index contributed by atoms with van der Waals surface area (Å²) in [6.45, 7) is 3.64. The smallest absolute Gasteiger partial charge is 0.233 e. The Labute approximate surface area is 177 Å². The number of hydrogen-bond acceptors (Lipinski definition) is 3. The van der Waals surface area contributed by atoms with Gasteiger partial charge >= 0.3 is 0 Å². The highest BCUT2D eigenvalue weighted by molar-refractivity contribution is 5.91. The number of carbonyl (C=O) groups is 1. The van der Waals surface area contributed by atoms with Crippen LogP contribution < -0.4 is 4.74 Å². The maximum atomic E-state index is 13.5. The highest BCUT2D eigenvalue weighted by Gasteiger charge is 2.53. The van der Waals surface area contributed by atoms with Gasteiger partial charge in [-0.3, -0.25) is 4.79 Å². The third kappa shape index (κ3) is 3.09. The number of amides is 1. The lowest BCUT2D eigenvalue weighted by Gasteiger charge is -2.24. The number of hydrogen-bond donors (Lipinski definition) is 0. The first-order valence-corrected chi connectivity index (χ1v) is 10.7. The van der Waals surface area contributed by atoms with Gasteiger partial charge in [-0.05, 0) is 43.9 Å². The first-order chi connectivity index (χ1) is 14.6. The van der Waals surface area contributed by atoms with E-state index in [2.05, 4.69) is 33.5 Å². The van der Waals surface area contributed by atoms with Crippen molar-refractivity contribution in [3.63, 3.8) is 0 Å². The summed E-state index contributed by atoms with van der Waals surface area (Å²) in [4.78, 5) is 20.2. The molecule has 1 aliphatic carbocycles. The molecule has 0 radical (unpaired) electrons. The van der Waals surface area contributed by atoms with E-state index in [9.17, 15) is 4.79 Å². The number of imidazole rings is 1. The van der Waals surface area contributed by atoms with Crippen LogP contribution in [0, 0.1) is 6.92 Å². The molecule has 2 aromatic carbocycles. The highest BCUT2D eigenvalue weighted by atomic mass is 16.5. The number of rotatable bonds is 5. The second kappa shape index (κ2) is 7.31. The Balaban J connectivity index is 1.37. The molecule has 1 atom stereocenters. The fourth-order valence-electron chi connectivity index (χ4n) is 4.81. The van der Waals surface area contributed by atoms with Crippen molar-refractivity contribution in [2.75, 3.05) is 20.2 Å². The lowest BCUT2D eigenvalue weighted by atomic mass is 9.94. The third-order valence-corrected chi connectivity index (χ3v) is 6.63. The topological polar surface area (TPSA) is 47.4 Å². The number of carbonyl (C=O) groups excluding carboxylic acids is 1. The molecule has 2 heterocycles. The highest BCUT2D eigenvalue weighted by Crippen LogP contribution is 2.50. The van der Waals surface area contributed by atoms with Crippen molar-refractivity contribution in [1.82, 2.24) is 14.5 Å². The number of likely N-dealkylation sites (tertiary alicyclic amines) is 1. The molecule has 0 spiro atoms. The fourth-order valence-corrected chi connectivity index (χ4v) is 4.81. The van der Waals surface area contributed by atoms with Gasteiger partial charge in [0.2, 0.25) is 5.91 Å². The van der Waals surface area contributed by atoms with Crippen molar-refractivity contribution in [2.24, 2.45) is 0 Å². The lowest BCUT2D eigenvalue weighted by Crippen LogP contribution is -2.38. The maximum absolute atomic E-state index is 13.5. The second-order valence-electron chi connectivity index (χ2n) is 8.46. The standard InChI is InChI=1S/C25H27N3O2/c1-18-16-26-23(19-6-4-3-5-7-19)28(18)21-12-15-27(17-21)24(29)25(13-14-25)20-8-10-22(30-2)11-9-20/h3-11,16,21H,12-15,17H2,1-2H3. The van der Waals surface area contributed by atoms with Crippen molar-refractivity contribution in [2.45, 2.75) is 37.6 Å². The summed E-state index contributed by atoms with van der Waals surface area (Å²) in [5.74, 6) is 2.09. The van der Waals surface area contributed by atoms with Crippen LogP contribution in [0.3, 0.4) is 0 Å². The normalized spacial score (nSPS) is 19.7. The van der Waals surface area contributed by atoms with Crippen molar-refractivity contribution >= 4 is 5.91 Å². The zero-order valence-electron chi connectivity index (χ0n) is 17.5. The Morgan fingerprint density at radius 1 is 1.10 bits per heavy atom. The monoisotopic (exact) mass is 401 g/mol.